The quantitative estimate of drug-likeness (QED) is 0.765. The molecule has 2 aromatic heterocycles. The molecule has 2 aromatic rings. The number of anilines is 1. The van der Waals surface area contributed by atoms with Gasteiger partial charge in [0.05, 0.1) is 19.3 Å². The summed E-state index contributed by atoms with van der Waals surface area (Å²) in [5.74, 6) is 0.409. The number of fused-ring (bicyclic) bond motifs is 1. The highest BCUT2D eigenvalue weighted by atomic mass is 16.5. The Bertz CT molecular complexity index is 583. The van der Waals surface area contributed by atoms with Crippen LogP contribution in [0.2, 0.25) is 0 Å². The van der Waals surface area contributed by atoms with Crippen molar-refractivity contribution in [1.29, 1.82) is 0 Å². The molecule has 0 saturated heterocycles. The number of hydrogen-bond donors (Lipinski definition) is 2. The molecule has 2 atom stereocenters. The highest BCUT2D eigenvalue weighted by Gasteiger charge is 2.30. The van der Waals surface area contributed by atoms with Crippen LogP contribution in [0.5, 0.6) is 5.88 Å². The Hall–Kier alpha value is -1.96. The van der Waals surface area contributed by atoms with Crippen LogP contribution in [0.4, 0.5) is 5.95 Å². The predicted octanol–water partition coefficient (Wildman–Crippen LogP) is -0.102. The van der Waals surface area contributed by atoms with Gasteiger partial charge in [0.2, 0.25) is 11.8 Å². The van der Waals surface area contributed by atoms with Crippen molar-refractivity contribution in [2.24, 2.45) is 0 Å². The van der Waals surface area contributed by atoms with Crippen LogP contribution in [0.1, 0.15) is 25.3 Å². The van der Waals surface area contributed by atoms with Gasteiger partial charge < -0.3 is 15.6 Å². The van der Waals surface area contributed by atoms with Crippen molar-refractivity contribution < 1.29 is 9.84 Å². The molecular weight excluding hydrogens is 236 g/mol. The van der Waals surface area contributed by atoms with Crippen LogP contribution in [0.3, 0.4) is 0 Å². The minimum Gasteiger partial charge on any atom is -0.479 e. The first kappa shape index (κ1) is 11.1. The van der Waals surface area contributed by atoms with E-state index in [1.807, 2.05) is 0 Å². The van der Waals surface area contributed by atoms with E-state index in [0.717, 1.165) is 19.3 Å². The van der Waals surface area contributed by atoms with Gasteiger partial charge in [-0.25, -0.2) is 4.68 Å². The summed E-state index contributed by atoms with van der Waals surface area (Å²) in [5.41, 5.74) is 6.60. The zero-order chi connectivity index (χ0) is 12.7. The molecule has 0 spiro atoms. The fourth-order valence-corrected chi connectivity index (χ4v) is 2.39. The Morgan fingerprint density at radius 3 is 2.89 bits per heavy atom. The summed E-state index contributed by atoms with van der Waals surface area (Å²) in [5, 5.41) is 18.0. The fraction of sp³-hybridized carbons (Fsp3) is 0.600. The molecule has 8 nitrogen and oxygen atoms in total. The third-order valence-corrected chi connectivity index (χ3v) is 3.26. The van der Waals surface area contributed by atoms with Gasteiger partial charge in [0.1, 0.15) is 0 Å². The lowest BCUT2D eigenvalue weighted by Crippen LogP contribution is -2.20. The maximum atomic E-state index is 9.92. The Labute approximate surface area is 103 Å². The van der Waals surface area contributed by atoms with E-state index in [4.69, 9.17) is 10.5 Å². The van der Waals surface area contributed by atoms with E-state index in [2.05, 4.69) is 20.3 Å². The molecule has 1 aliphatic carbocycles. The monoisotopic (exact) mass is 250 g/mol. The van der Waals surface area contributed by atoms with Gasteiger partial charge in [-0.15, -0.1) is 5.10 Å². The second-order valence-electron chi connectivity index (χ2n) is 4.36. The molecule has 0 unspecified atom stereocenters. The van der Waals surface area contributed by atoms with Gasteiger partial charge in [-0.05, 0) is 19.3 Å². The van der Waals surface area contributed by atoms with Gasteiger partial charge in [0.15, 0.2) is 11.2 Å². The molecule has 1 saturated carbocycles. The molecule has 0 aliphatic heterocycles. The number of aromatic nitrogens is 5. The molecule has 1 fully saturated rings. The Morgan fingerprint density at radius 2 is 2.22 bits per heavy atom. The van der Waals surface area contributed by atoms with Gasteiger partial charge in [-0.1, -0.05) is 5.21 Å². The fourth-order valence-electron chi connectivity index (χ4n) is 2.39. The lowest BCUT2D eigenvalue weighted by Gasteiger charge is -2.14. The summed E-state index contributed by atoms with van der Waals surface area (Å²) in [6.45, 7) is 0. The zero-order valence-electron chi connectivity index (χ0n) is 9.94. The second-order valence-corrected chi connectivity index (χ2v) is 4.36. The van der Waals surface area contributed by atoms with Gasteiger partial charge in [-0.3, -0.25) is 0 Å². The van der Waals surface area contributed by atoms with Crippen molar-refractivity contribution in [2.45, 2.75) is 31.4 Å². The molecule has 0 bridgehead atoms. The van der Waals surface area contributed by atoms with Crippen molar-refractivity contribution >= 4 is 17.1 Å². The third-order valence-electron chi connectivity index (χ3n) is 3.26. The molecule has 3 rings (SSSR count). The van der Waals surface area contributed by atoms with Crippen LogP contribution in [0.15, 0.2) is 0 Å². The average Bonchev–Trinajstić information content (AvgIpc) is 2.93. The van der Waals surface area contributed by atoms with Crippen LogP contribution < -0.4 is 10.5 Å². The molecule has 3 N–H and O–H groups in total. The number of methoxy groups -OCH3 is 1. The lowest BCUT2D eigenvalue weighted by atomic mass is 10.2. The standard InChI is InChI=1S/C10H14N6O2/c1-18-9-7-8(12-10(11)13-9)16(15-14-7)5-3-2-4-6(5)17/h5-6,17H,2-4H2,1H3,(H2,11,12,13)/t5-,6+/m0/s1. The van der Waals surface area contributed by atoms with E-state index in [9.17, 15) is 5.11 Å². The maximum Gasteiger partial charge on any atom is 0.248 e. The molecule has 0 radical (unpaired) electrons. The van der Waals surface area contributed by atoms with Gasteiger partial charge in [-0.2, -0.15) is 9.97 Å². The van der Waals surface area contributed by atoms with Crippen LogP contribution in [-0.4, -0.2) is 43.3 Å². The number of nitrogens with two attached hydrogens (primary N) is 1. The Balaban J connectivity index is 2.16. The summed E-state index contributed by atoms with van der Waals surface area (Å²) < 4.78 is 6.72. The van der Waals surface area contributed by atoms with Crippen LogP contribution in [-0.2, 0) is 0 Å². The van der Waals surface area contributed by atoms with E-state index in [1.54, 1.807) is 4.68 Å². The molecule has 8 heteroatoms. The number of hydrogen-bond acceptors (Lipinski definition) is 7. The number of ether oxygens (including phenoxy) is 1. The van der Waals surface area contributed by atoms with Crippen molar-refractivity contribution in [3.05, 3.63) is 0 Å². The van der Waals surface area contributed by atoms with Gasteiger partial charge in [0.25, 0.3) is 0 Å². The minimum atomic E-state index is -0.419. The van der Waals surface area contributed by atoms with E-state index in [-0.39, 0.29) is 12.0 Å². The van der Waals surface area contributed by atoms with Crippen molar-refractivity contribution in [1.82, 2.24) is 25.0 Å². The Kier molecular flexibility index (Phi) is 2.51. The number of nitrogens with zero attached hydrogens (tertiary/aromatic N) is 5. The highest BCUT2D eigenvalue weighted by Crippen LogP contribution is 2.32. The number of aliphatic hydroxyl groups is 1. The SMILES string of the molecule is COc1nc(N)nc2c1nnn2[C@H]1CCC[C@H]1O. The van der Waals surface area contributed by atoms with Crippen LogP contribution in [0.25, 0.3) is 11.2 Å². The summed E-state index contributed by atoms with van der Waals surface area (Å²) in [6.07, 6.45) is 2.16. The summed E-state index contributed by atoms with van der Waals surface area (Å²) in [6, 6.07) is -0.103. The smallest absolute Gasteiger partial charge is 0.248 e. The molecule has 2 heterocycles. The third kappa shape index (κ3) is 1.57. The summed E-state index contributed by atoms with van der Waals surface area (Å²) in [7, 11) is 1.49. The second kappa shape index (κ2) is 4.05. The Morgan fingerprint density at radius 1 is 1.39 bits per heavy atom. The van der Waals surface area contributed by atoms with E-state index in [0.29, 0.717) is 17.0 Å². The van der Waals surface area contributed by atoms with Crippen molar-refractivity contribution in [3.63, 3.8) is 0 Å². The zero-order valence-corrected chi connectivity index (χ0v) is 9.94. The first-order chi connectivity index (χ1) is 8.70. The van der Waals surface area contributed by atoms with Crippen molar-refractivity contribution in [2.75, 3.05) is 12.8 Å². The predicted molar refractivity (Wildman–Crippen MR) is 63.0 cm³/mol. The summed E-state index contributed by atoms with van der Waals surface area (Å²) in [4.78, 5) is 8.08. The lowest BCUT2D eigenvalue weighted by molar-refractivity contribution is 0.131. The normalized spacial score (nSPS) is 23.7. The summed E-state index contributed by atoms with van der Waals surface area (Å²) >= 11 is 0. The van der Waals surface area contributed by atoms with E-state index in [1.165, 1.54) is 7.11 Å². The maximum absolute atomic E-state index is 9.92. The number of aliphatic hydroxyl groups excluding tert-OH is 1. The average molecular weight is 250 g/mol. The van der Waals surface area contributed by atoms with Crippen LogP contribution in [0, 0.1) is 0 Å². The molecule has 18 heavy (non-hydrogen) atoms. The van der Waals surface area contributed by atoms with Gasteiger partial charge >= 0.3 is 0 Å². The van der Waals surface area contributed by atoms with Gasteiger partial charge in [0, 0.05) is 0 Å². The first-order valence-corrected chi connectivity index (χ1v) is 5.81. The minimum absolute atomic E-state index is 0.103. The molecule has 1 aliphatic rings. The van der Waals surface area contributed by atoms with Crippen LogP contribution >= 0.6 is 0 Å². The van der Waals surface area contributed by atoms with E-state index < -0.39 is 6.10 Å². The molecular formula is C10H14N6O2. The molecule has 96 valence electrons. The number of nitrogen functional groups attached to an aromatic ring is 1. The van der Waals surface area contributed by atoms with Crippen molar-refractivity contribution in [3.8, 4) is 5.88 Å². The molecule has 0 amide bonds. The first-order valence-electron chi connectivity index (χ1n) is 5.81. The highest BCUT2D eigenvalue weighted by molar-refractivity contribution is 5.76. The van der Waals surface area contributed by atoms with E-state index >= 15 is 0 Å². The topological polar surface area (TPSA) is 112 Å². The molecule has 0 aromatic carbocycles. The largest absolute Gasteiger partial charge is 0.479 e. The number of rotatable bonds is 2.